The molecule has 2 heterocycles. The zero-order valence-electron chi connectivity index (χ0n) is 14.1. The van der Waals surface area contributed by atoms with E-state index < -0.39 is 0 Å². The first kappa shape index (κ1) is 16.9. The molecule has 2 aromatic rings. The Morgan fingerprint density at radius 1 is 1.28 bits per heavy atom. The summed E-state index contributed by atoms with van der Waals surface area (Å²) in [7, 11) is 0. The average molecular weight is 339 g/mol. The van der Waals surface area contributed by atoms with Crippen LogP contribution in [0.15, 0.2) is 36.4 Å². The Hall–Kier alpha value is -2.96. The maximum atomic E-state index is 12.8. The normalized spacial score (nSPS) is 14.5. The fourth-order valence-electron chi connectivity index (χ4n) is 3.05. The standard InChI is InChI=1S/C18H21N5O2/c1-12(24)20-16(13-5-3-2-4-6-13)10-18(25)23-8-7-15-14(11-23)9-17(19)22-21-15/h2-6,9,16H,7-8,10-11H2,1H3,(H2,19,22)(H,20,24)/t16-/m0/s1. The highest BCUT2D eigenvalue weighted by Crippen LogP contribution is 2.22. The lowest BCUT2D eigenvalue weighted by atomic mass is 10.0. The lowest BCUT2D eigenvalue weighted by Gasteiger charge is -2.29. The molecule has 0 spiro atoms. The van der Waals surface area contributed by atoms with Gasteiger partial charge in [-0.25, -0.2) is 0 Å². The van der Waals surface area contributed by atoms with Gasteiger partial charge in [0.15, 0.2) is 0 Å². The molecule has 7 nitrogen and oxygen atoms in total. The summed E-state index contributed by atoms with van der Waals surface area (Å²) in [5.41, 5.74) is 8.43. The van der Waals surface area contributed by atoms with Crippen molar-refractivity contribution in [1.29, 1.82) is 0 Å². The highest BCUT2D eigenvalue weighted by Gasteiger charge is 2.25. The van der Waals surface area contributed by atoms with Crippen LogP contribution >= 0.6 is 0 Å². The number of nitrogens with two attached hydrogens (primary N) is 1. The second-order valence-electron chi connectivity index (χ2n) is 6.17. The summed E-state index contributed by atoms with van der Waals surface area (Å²) in [4.78, 5) is 26.1. The number of hydrogen-bond donors (Lipinski definition) is 2. The maximum Gasteiger partial charge on any atom is 0.225 e. The predicted molar refractivity (Wildman–Crippen MR) is 93.2 cm³/mol. The third-order valence-electron chi connectivity index (χ3n) is 4.27. The van der Waals surface area contributed by atoms with Crippen LogP contribution in [-0.4, -0.2) is 33.5 Å². The van der Waals surface area contributed by atoms with Crippen LogP contribution in [-0.2, 0) is 22.6 Å². The maximum absolute atomic E-state index is 12.8. The van der Waals surface area contributed by atoms with Gasteiger partial charge in [-0.05, 0) is 17.2 Å². The number of nitrogens with zero attached hydrogens (tertiary/aromatic N) is 3. The Morgan fingerprint density at radius 3 is 2.76 bits per heavy atom. The molecule has 1 aromatic heterocycles. The number of amides is 2. The van der Waals surface area contributed by atoms with Gasteiger partial charge in [-0.15, -0.1) is 5.10 Å². The zero-order chi connectivity index (χ0) is 17.8. The van der Waals surface area contributed by atoms with Crippen molar-refractivity contribution >= 4 is 17.6 Å². The molecule has 0 aliphatic carbocycles. The minimum atomic E-state index is -0.340. The Labute approximate surface area is 146 Å². The first-order valence-electron chi connectivity index (χ1n) is 8.23. The number of nitrogens with one attached hydrogen (secondary N) is 1. The molecule has 1 atom stereocenters. The van der Waals surface area contributed by atoms with E-state index in [1.807, 2.05) is 30.3 Å². The monoisotopic (exact) mass is 339 g/mol. The summed E-state index contributed by atoms with van der Waals surface area (Å²) in [6.45, 7) is 2.51. The van der Waals surface area contributed by atoms with Crippen molar-refractivity contribution in [2.24, 2.45) is 0 Å². The topological polar surface area (TPSA) is 101 Å². The molecule has 7 heteroatoms. The molecule has 3 rings (SSSR count). The molecule has 1 aromatic carbocycles. The van der Waals surface area contributed by atoms with Crippen molar-refractivity contribution < 1.29 is 9.59 Å². The number of fused-ring (bicyclic) bond motifs is 1. The number of hydrogen-bond acceptors (Lipinski definition) is 5. The molecule has 0 bridgehead atoms. The average Bonchev–Trinajstić information content (AvgIpc) is 2.60. The summed E-state index contributed by atoms with van der Waals surface area (Å²) < 4.78 is 0. The van der Waals surface area contributed by atoms with Crippen molar-refractivity contribution in [1.82, 2.24) is 20.4 Å². The second kappa shape index (κ2) is 7.29. The van der Waals surface area contributed by atoms with Gasteiger partial charge in [0, 0.05) is 26.4 Å². The fourth-order valence-corrected chi connectivity index (χ4v) is 3.05. The SMILES string of the molecule is CC(=O)N[C@@H](CC(=O)N1CCc2nnc(N)cc2C1)c1ccccc1. The van der Waals surface area contributed by atoms with Crippen molar-refractivity contribution in [2.45, 2.75) is 32.4 Å². The van der Waals surface area contributed by atoms with E-state index in [1.54, 1.807) is 11.0 Å². The predicted octanol–water partition coefficient (Wildman–Crippen LogP) is 1.21. The van der Waals surface area contributed by atoms with Gasteiger partial charge in [-0.3, -0.25) is 9.59 Å². The molecule has 1 aliphatic rings. The van der Waals surface area contributed by atoms with Crippen LogP contribution in [0, 0.1) is 0 Å². The third kappa shape index (κ3) is 4.12. The summed E-state index contributed by atoms with van der Waals surface area (Å²) in [5.74, 6) is 0.186. The Balaban J connectivity index is 1.72. The van der Waals surface area contributed by atoms with Gasteiger partial charge < -0.3 is 16.0 Å². The van der Waals surface area contributed by atoms with Crippen LogP contribution in [0.25, 0.3) is 0 Å². The van der Waals surface area contributed by atoms with Gasteiger partial charge in [0.2, 0.25) is 11.8 Å². The molecular weight excluding hydrogens is 318 g/mol. The Bertz CT molecular complexity index is 778. The van der Waals surface area contributed by atoms with E-state index in [0.717, 1.165) is 16.8 Å². The molecule has 130 valence electrons. The minimum absolute atomic E-state index is 0.0105. The van der Waals surface area contributed by atoms with Crippen LogP contribution in [0.1, 0.15) is 36.2 Å². The first-order valence-corrected chi connectivity index (χ1v) is 8.23. The fraction of sp³-hybridized carbons (Fsp3) is 0.333. The van der Waals surface area contributed by atoms with E-state index >= 15 is 0 Å². The summed E-state index contributed by atoms with van der Waals surface area (Å²) >= 11 is 0. The van der Waals surface area contributed by atoms with E-state index in [4.69, 9.17) is 5.73 Å². The largest absolute Gasteiger partial charge is 0.382 e. The summed E-state index contributed by atoms with van der Waals surface area (Å²) in [5, 5.41) is 10.8. The van der Waals surface area contributed by atoms with Crippen molar-refractivity contribution in [3.63, 3.8) is 0 Å². The third-order valence-corrected chi connectivity index (χ3v) is 4.27. The highest BCUT2D eigenvalue weighted by atomic mass is 16.2. The number of carbonyl (C=O) groups excluding carboxylic acids is 2. The van der Waals surface area contributed by atoms with Gasteiger partial charge >= 0.3 is 0 Å². The highest BCUT2D eigenvalue weighted by molar-refractivity contribution is 5.79. The number of benzene rings is 1. The number of aromatic nitrogens is 2. The molecular formula is C18H21N5O2. The van der Waals surface area contributed by atoms with Gasteiger partial charge in [0.05, 0.1) is 18.2 Å². The van der Waals surface area contributed by atoms with E-state index in [-0.39, 0.29) is 24.3 Å². The quantitative estimate of drug-likeness (QED) is 0.872. The summed E-state index contributed by atoms with van der Waals surface area (Å²) in [6.07, 6.45) is 0.872. The Kier molecular flexibility index (Phi) is 4.92. The molecule has 3 N–H and O–H groups in total. The van der Waals surface area contributed by atoms with Crippen molar-refractivity contribution in [3.05, 3.63) is 53.2 Å². The van der Waals surface area contributed by atoms with Gasteiger partial charge in [-0.2, -0.15) is 5.10 Å². The smallest absolute Gasteiger partial charge is 0.225 e. The molecule has 0 radical (unpaired) electrons. The van der Waals surface area contributed by atoms with E-state index in [9.17, 15) is 9.59 Å². The van der Waals surface area contributed by atoms with E-state index in [2.05, 4.69) is 15.5 Å². The van der Waals surface area contributed by atoms with Crippen LogP contribution in [0.4, 0.5) is 5.82 Å². The van der Waals surface area contributed by atoms with E-state index in [1.165, 1.54) is 6.92 Å². The van der Waals surface area contributed by atoms with Crippen LogP contribution < -0.4 is 11.1 Å². The van der Waals surface area contributed by atoms with Crippen molar-refractivity contribution in [2.75, 3.05) is 12.3 Å². The van der Waals surface area contributed by atoms with Gasteiger partial charge in [0.1, 0.15) is 5.82 Å². The molecule has 1 aliphatic heterocycles. The zero-order valence-corrected chi connectivity index (χ0v) is 14.1. The molecule has 0 unspecified atom stereocenters. The molecule has 0 saturated carbocycles. The molecule has 0 fully saturated rings. The number of nitrogen functional groups attached to an aromatic ring is 1. The first-order chi connectivity index (χ1) is 12.0. The second-order valence-corrected chi connectivity index (χ2v) is 6.17. The molecule has 2 amide bonds. The van der Waals surface area contributed by atoms with Crippen LogP contribution in [0.5, 0.6) is 0 Å². The minimum Gasteiger partial charge on any atom is -0.382 e. The van der Waals surface area contributed by atoms with Crippen LogP contribution in [0.3, 0.4) is 0 Å². The Morgan fingerprint density at radius 2 is 2.04 bits per heavy atom. The van der Waals surface area contributed by atoms with E-state index in [0.29, 0.717) is 25.3 Å². The lowest BCUT2D eigenvalue weighted by Crippen LogP contribution is -2.39. The van der Waals surface area contributed by atoms with Crippen LogP contribution in [0.2, 0.25) is 0 Å². The molecule has 0 saturated heterocycles. The van der Waals surface area contributed by atoms with Gasteiger partial charge in [-0.1, -0.05) is 30.3 Å². The number of carbonyl (C=O) groups is 2. The molecule has 25 heavy (non-hydrogen) atoms. The number of anilines is 1. The number of rotatable bonds is 4. The summed E-state index contributed by atoms with van der Waals surface area (Å²) in [6, 6.07) is 11.0. The van der Waals surface area contributed by atoms with Crippen molar-refractivity contribution in [3.8, 4) is 0 Å². The van der Waals surface area contributed by atoms with Gasteiger partial charge in [0.25, 0.3) is 0 Å². The lowest BCUT2D eigenvalue weighted by molar-refractivity contribution is -0.133.